The molecule has 7 heteroatoms. The van der Waals surface area contributed by atoms with E-state index in [2.05, 4.69) is 0 Å². The van der Waals surface area contributed by atoms with Gasteiger partial charge in [-0.3, -0.25) is 4.79 Å². The van der Waals surface area contributed by atoms with E-state index in [-0.39, 0.29) is 18.2 Å². The fourth-order valence-corrected chi connectivity index (χ4v) is 4.32. The van der Waals surface area contributed by atoms with Crippen molar-refractivity contribution in [1.29, 1.82) is 0 Å². The van der Waals surface area contributed by atoms with Crippen LogP contribution in [0.15, 0.2) is 66.7 Å². The molecule has 0 atom stereocenters. The van der Waals surface area contributed by atoms with Crippen LogP contribution in [0.25, 0.3) is 10.9 Å². The average molecular weight is 504 g/mol. The summed E-state index contributed by atoms with van der Waals surface area (Å²) in [6.45, 7) is 5.91. The topological polar surface area (TPSA) is 66.8 Å². The Bertz CT molecular complexity index is 1440. The third-order valence-electron chi connectivity index (χ3n) is 6.51. The molecule has 0 saturated carbocycles. The molecule has 4 aromatic rings. The number of hydrogen-bond acceptors (Lipinski definition) is 5. The first-order valence-corrected chi connectivity index (χ1v) is 11.9. The van der Waals surface area contributed by atoms with Crippen molar-refractivity contribution in [3.63, 3.8) is 0 Å². The molecule has 0 aliphatic carbocycles. The molecule has 3 aromatic carbocycles. The summed E-state index contributed by atoms with van der Waals surface area (Å²) in [6.07, 6.45) is 0. The molecule has 0 amide bonds. The molecule has 1 aromatic heterocycles. The molecule has 6 nitrogen and oxygen atoms in total. The molecule has 1 heterocycles. The molecule has 0 aliphatic heterocycles. The summed E-state index contributed by atoms with van der Waals surface area (Å²) in [5.41, 5.74) is 3.32. The second-order valence-electron chi connectivity index (χ2n) is 9.37. The molecular formula is C30H30FNO5. The number of carbonyl (C=O) groups excluding carboxylic acids is 2. The minimum atomic E-state index is -1.05. The Morgan fingerprint density at radius 1 is 0.919 bits per heavy atom. The lowest BCUT2D eigenvalue weighted by Crippen LogP contribution is -2.35. The van der Waals surface area contributed by atoms with Gasteiger partial charge in [-0.05, 0) is 74.4 Å². The molecule has 0 bridgehead atoms. The molecule has 0 N–H and O–H groups in total. The van der Waals surface area contributed by atoms with Gasteiger partial charge < -0.3 is 18.8 Å². The van der Waals surface area contributed by atoms with E-state index in [1.807, 2.05) is 35.8 Å². The smallest absolute Gasteiger partial charge is 0.337 e. The third kappa shape index (κ3) is 5.42. The van der Waals surface area contributed by atoms with Gasteiger partial charge >= 0.3 is 5.97 Å². The lowest BCUT2D eigenvalue weighted by molar-refractivity contribution is -0.166. The number of nitrogens with zero attached hydrogens (tertiary/aromatic N) is 1. The zero-order valence-electron chi connectivity index (χ0n) is 21.6. The van der Waals surface area contributed by atoms with Crippen LogP contribution in [0.2, 0.25) is 0 Å². The molecule has 0 unspecified atom stereocenters. The van der Waals surface area contributed by atoms with Crippen LogP contribution in [0.4, 0.5) is 4.39 Å². The zero-order valence-corrected chi connectivity index (χ0v) is 21.6. The maximum atomic E-state index is 14.3. The standard InChI is InChI=1S/C30H30FNO5/c1-19-27(28(33)22-10-13-24(35-4)14-11-22)25-15-12-23(31)16-26(25)32(19)17-20-6-8-21(9-7-20)18-37-30(2,3)29(34)36-5/h6-16H,17-18H2,1-5H3. The lowest BCUT2D eigenvalue weighted by Gasteiger charge is -2.22. The Kier molecular flexibility index (Phi) is 7.45. The molecule has 0 aliphatic rings. The Morgan fingerprint density at radius 2 is 1.57 bits per heavy atom. The Morgan fingerprint density at radius 3 is 2.19 bits per heavy atom. The van der Waals surface area contributed by atoms with Gasteiger partial charge in [-0.15, -0.1) is 0 Å². The normalized spacial score (nSPS) is 11.5. The molecule has 0 radical (unpaired) electrons. The van der Waals surface area contributed by atoms with Crippen molar-refractivity contribution in [1.82, 2.24) is 4.57 Å². The van der Waals surface area contributed by atoms with Crippen LogP contribution in [-0.4, -0.2) is 36.1 Å². The third-order valence-corrected chi connectivity index (χ3v) is 6.51. The summed E-state index contributed by atoms with van der Waals surface area (Å²) >= 11 is 0. The second-order valence-corrected chi connectivity index (χ2v) is 9.37. The van der Waals surface area contributed by atoms with Gasteiger partial charge in [0.2, 0.25) is 0 Å². The van der Waals surface area contributed by atoms with Crippen molar-refractivity contribution in [3.05, 3.63) is 100 Å². The van der Waals surface area contributed by atoms with Crippen LogP contribution in [0.1, 0.15) is 46.6 Å². The van der Waals surface area contributed by atoms with Crippen LogP contribution in [0, 0.1) is 12.7 Å². The van der Waals surface area contributed by atoms with E-state index < -0.39 is 11.6 Å². The number of aromatic nitrogens is 1. The minimum absolute atomic E-state index is 0.128. The summed E-state index contributed by atoms with van der Waals surface area (Å²) in [7, 11) is 2.91. The monoisotopic (exact) mass is 503 g/mol. The van der Waals surface area contributed by atoms with Crippen LogP contribution in [-0.2, 0) is 27.4 Å². The van der Waals surface area contributed by atoms with Crippen LogP contribution < -0.4 is 4.74 Å². The van der Waals surface area contributed by atoms with Gasteiger partial charge in [-0.25, -0.2) is 9.18 Å². The van der Waals surface area contributed by atoms with Crippen molar-refractivity contribution in [3.8, 4) is 5.75 Å². The SMILES string of the molecule is COC(=O)C(C)(C)OCc1ccc(Cn2c(C)c(C(=O)c3ccc(OC)cc3)c3ccc(F)cc32)cc1. The molecule has 37 heavy (non-hydrogen) atoms. The molecule has 192 valence electrons. The van der Waals surface area contributed by atoms with Crippen molar-refractivity contribution in [2.75, 3.05) is 14.2 Å². The highest BCUT2D eigenvalue weighted by Gasteiger charge is 2.29. The summed E-state index contributed by atoms with van der Waals surface area (Å²) in [4.78, 5) is 25.3. The molecular weight excluding hydrogens is 473 g/mol. The van der Waals surface area contributed by atoms with Gasteiger partial charge in [0.25, 0.3) is 0 Å². The van der Waals surface area contributed by atoms with E-state index >= 15 is 0 Å². The molecule has 0 spiro atoms. The van der Waals surface area contributed by atoms with E-state index in [4.69, 9.17) is 14.2 Å². The number of fused-ring (bicyclic) bond motifs is 1. The Hall–Kier alpha value is -3.97. The quantitative estimate of drug-likeness (QED) is 0.212. The number of halogens is 1. The highest BCUT2D eigenvalue weighted by molar-refractivity contribution is 6.17. The highest BCUT2D eigenvalue weighted by atomic mass is 19.1. The maximum absolute atomic E-state index is 14.3. The number of ether oxygens (including phenoxy) is 3. The van der Waals surface area contributed by atoms with Crippen molar-refractivity contribution < 1.29 is 28.2 Å². The van der Waals surface area contributed by atoms with Gasteiger partial charge in [-0.1, -0.05) is 24.3 Å². The molecule has 0 saturated heterocycles. The fourth-order valence-electron chi connectivity index (χ4n) is 4.32. The fraction of sp³-hybridized carbons (Fsp3) is 0.267. The van der Waals surface area contributed by atoms with E-state index in [0.29, 0.717) is 34.3 Å². The predicted octanol–water partition coefficient (Wildman–Crippen LogP) is 5.84. The number of methoxy groups -OCH3 is 2. The summed E-state index contributed by atoms with van der Waals surface area (Å²) in [5, 5.41) is 0.703. The van der Waals surface area contributed by atoms with Gasteiger partial charge in [-0.2, -0.15) is 0 Å². The van der Waals surface area contributed by atoms with Gasteiger partial charge in [0.05, 0.1) is 31.9 Å². The van der Waals surface area contributed by atoms with Crippen molar-refractivity contribution in [2.24, 2.45) is 0 Å². The largest absolute Gasteiger partial charge is 0.497 e. The van der Waals surface area contributed by atoms with Crippen LogP contribution in [0.5, 0.6) is 5.75 Å². The van der Waals surface area contributed by atoms with E-state index in [0.717, 1.165) is 16.8 Å². The lowest BCUT2D eigenvalue weighted by atomic mass is 10.0. The predicted molar refractivity (Wildman–Crippen MR) is 139 cm³/mol. The Balaban J connectivity index is 1.62. The van der Waals surface area contributed by atoms with E-state index in [1.54, 1.807) is 51.3 Å². The van der Waals surface area contributed by atoms with Crippen LogP contribution >= 0.6 is 0 Å². The number of esters is 1. The van der Waals surface area contributed by atoms with Gasteiger partial charge in [0.1, 0.15) is 11.6 Å². The van der Waals surface area contributed by atoms with Gasteiger partial charge in [0.15, 0.2) is 11.4 Å². The number of benzene rings is 3. The number of hydrogen-bond donors (Lipinski definition) is 0. The molecule has 4 rings (SSSR count). The van der Waals surface area contributed by atoms with Gasteiger partial charge in [0, 0.05) is 23.2 Å². The first kappa shape index (κ1) is 26.1. The highest BCUT2D eigenvalue weighted by Crippen LogP contribution is 2.30. The molecule has 0 fully saturated rings. The zero-order chi connectivity index (χ0) is 26.7. The van der Waals surface area contributed by atoms with Crippen molar-refractivity contribution >= 4 is 22.7 Å². The first-order valence-electron chi connectivity index (χ1n) is 11.9. The van der Waals surface area contributed by atoms with E-state index in [1.165, 1.54) is 19.2 Å². The van der Waals surface area contributed by atoms with Crippen molar-refractivity contribution in [2.45, 2.75) is 39.5 Å². The number of ketones is 1. The maximum Gasteiger partial charge on any atom is 0.337 e. The second kappa shape index (κ2) is 10.6. The number of rotatable bonds is 9. The average Bonchev–Trinajstić information content (AvgIpc) is 3.17. The summed E-state index contributed by atoms with van der Waals surface area (Å²) < 4.78 is 31.9. The number of carbonyl (C=O) groups is 2. The van der Waals surface area contributed by atoms with Crippen LogP contribution in [0.3, 0.4) is 0 Å². The summed E-state index contributed by atoms with van der Waals surface area (Å²) in [5.74, 6) is -0.265. The summed E-state index contributed by atoms with van der Waals surface area (Å²) in [6, 6.07) is 19.2. The first-order chi connectivity index (χ1) is 17.6. The Labute approximate surface area is 215 Å². The minimum Gasteiger partial charge on any atom is -0.497 e. The van der Waals surface area contributed by atoms with E-state index in [9.17, 15) is 14.0 Å².